The third-order valence-corrected chi connectivity index (χ3v) is 9.08. The fourth-order valence-electron chi connectivity index (χ4n) is 5.24. The Kier molecular flexibility index (Phi) is 30.3. The zero-order chi connectivity index (χ0) is 57.6. The van der Waals surface area contributed by atoms with Gasteiger partial charge in [0.25, 0.3) is 5.24 Å². The van der Waals surface area contributed by atoms with Crippen molar-refractivity contribution in [1.29, 1.82) is 0 Å². The number of carbonyl (C=O) groups excluding carboxylic acids is 8. The topological polar surface area (TPSA) is 356 Å². The molecule has 0 saturated carbocycles. The Labute approximate surface area is 464 Å². The molecular formula is C49H50ClIO27. The summed E-state index contributed by atoms with van der Waals surface area (Å²) in [5.74, 6) is -2.60. The summed E-state index contributed by atoms with van der Waals surface area (Å²) in [7, 11) is 10.2. The van der Waals surface area contributed by atoms with E-state index >= 15 is 0 Å². The van der Waals surface area contributed by atoms with E-state index in [-0.39, 0.29) is 109 Å². The van der Waals surface area contributed by atoms with E-state index in [2.05, 4.69) is 14.2 Å². The molecule has 0 bridgehead atoms. The summed E-state index contributed by atoms with van der Waals surface area (Å²) in [5.41, 5.74) is 0.585. The van der Waals surface area contributed by atoms with Gasteiger partial charge in [-0.05, 0) is 103 Å². The minimum absolute atomic E-state index is 0. The molecule has 0 spiro atoms. The maximum absolute atomic E-state index is 12.2. The highest BCUT2D eigenvalue weighted by Crippen LogP contribution is 2.32. The molecule has 0 aromatic heterocycles. The van der Waals surface area contributed by atoms with Gasteiger partial charge in [0.15, 0.2) is 57.5 Å². The number of carbonyl (C=O) groups is 8. The number of phenolic OH excluding ortho intramolecular Hbond substituents is 2. The summed E-state index contributed by atoms with van der Waals surface area (Å²) in [6.07, 6.45) is -2.79. The standard InChI is InChI=1S/C21H20O12.C17H16O8.C10H9ClO5.CH4O2.HI/c1-26-16-9-12(5-7-14(16)32-20(24)28-3)18(22)30-11-31-19(23)13-6-8-15(17(10-13)27-2)33-21(25)29-4;1-22-14-7-10(3-5-12(14)18)16(20)24-9-25-17(21)11-4-6-13(19)15(8-11)23-2;1-14-8-5-6(9(11)12)3-4-7(8)16-10(13)15-2;2-1-3;/h5-10H,11H2,1-4H3;3-8,18-19H,9H2,1-2H3;3-5H,1-2H3;2-3H,1H2;1H. The second-order valence-corrected chi connectivity index (χ2v) is 13.8. The molecule has 27 nitrogen and oxygen atoms in total. The van der Waals surface area contributed by atoms with Crippen molar-refractivity contribution in [1.82, 2.24) is 0 Å². The zero-order valence-electron chi connectivity index (χ0n) is 42.2. The van der Waals surface area contributed by atoms with Gasteiger partial charge in [0.2, 0.25) is 13.6 Å². The van der Waals surface area contributed by atoms with Gasteiger partial charge >= 0.3 is 42.3 Å². The highest BCUT2D eigenvalue weighted by Gasteiger charge is 2.19. The molecule has 0 aliphatic rings. The number of methoxy groups -OCH3 is 8. The Morgan fingerprint density at radius 2 is 0.603 bits per heavy atom. The van der Waals surface area contributed by atoms with Crippen LogP contribution < -0.4 is 37.9 Å². The van der Waals surface area contributed by atoms with Crippen LogP contribution in [0.2, 0.25) is 0 Å². The van der Waals surface area contributed by atoms with Crippen LogP contribution in [0.15, 0.2) is 91.0 Å². The van der Waals surface area contributed by atoms with Crippen molar-refractivity contribution in [2.45, 2.75) is 0 Å². The molecule has 4 N–H and O–H groups in total. The van der Waals surface area contributed by atoms with E-state index in [1.165, 1.54) is 134 Å². The van der Waals surface area contributed by atoms with Crippen LogP contribution in [0.3, 0.4) is 0 Å². The number of halogens is 2. The van der Waals surface area contributed by atoms with Gasteiger partial charge in [0.1, 0.15) is 6.79 Å². The lowest BCUT2D eigenvalue weighted by Crippen LogP contribution is -2.14. The van der Waals surface area contributed by atoms with Crippen molar-refractivity contribution in [3.8, 4) is 57.5 Å². The lowest BCUT2D eigenvalue weighted by molar-refractivity contribution is -0.0183. The molecule has 0 heterocycles. The molecule has 0 aliphatic carbocycles. The number of hydrogen-bond acceptors (Lipinski definition) is 27. The second-order valence-electron chi connectivity index (χ2n) is 13.4. The molecule has 5 aromatic carbocycles. The lowest BCUT2D eigenvalue weighted by atomic mass is 10.2. The van der Waals surface area contributed by atoms with Gasteiger partial charge in [-0.3, -0.25) is 4.79 Å². The normalized spacial score (nSPS) is 9.53. The van der Waals surface area contributed by atoms with E-state index in [1.54, 1.807) is 0 Å². The van der Waals surface area contributed by atoms with Crippen molar-refractivity contribution in [2.24, 2.45) is 0 Å². The van der Waals surface area contributed by atoms with Crippen molar-refractivity contribution < 1.29 is 130 Å². The maximum Gasteiger partial charge on any atom is 0.513 e. The van der Waals surface area contributed by atoms with E-state index in [0.717, 1.165) is 14.2 Å². The molecule has 29 heteroatoms. The van der Waals surface area contributed by atoms with Crippen molar-refractivity contribution in [3.05, 3.63) is 119 Å². The fraction of sp³-hybridized carbons (Fsp3) is 0.224. The molecule has 0 fully saturated rings. The van der Waals surface area contributed by atoms with E-state index < -0.39 is 68.0 Å². The van der Waals surface area contributed by atoms with E-state index in [4.69, 9.17) is 78.7 Å². The number of benzene rings is 5. The van der Waals surface area contributed by atoms with Crippen LogP contribution in [0.5, 0.6) is 57.5 Å². The summed E-state index contributed by atoms with van der Waals surface area (Å²) < 4.78 is 72.0. The molecule has 0 aliphatic heterocycles. The van der Waals surface area contributed by atoms with Gasteiger partial charge in [0.05, 0.1) is 79.1 Å². The number of esters is 4. The van der Waals surface area contributed by atoms with Crippen molar-refractivity contribution in [2.75, 3.05) is 77.3 Å². The molecule has 0 saturated heterocycles. The number of aromatic hydroxyl groups is 2. The molecule has 422 valence electrons. The fourth-order valence-corrected chi connectivity index (χ4v) is 5.36. The summed E-state index contributed by atoms with van der Waals surface area (Å²) in [6.45, 7) is -2.05. The van der Waals surface area contributed by atoms with Crippen molar-refractivity contribution >= 4 is 83.2 Å². The molecule has 78 heavy (non-hydrogen) atoms. The van der Waals surface area contributed by atoms with E-state index in [1.807, 2.05) is 0 Å². The monoisotopic (exact) mass is 1230 g/mol. The Balaban J connectivity index is 0.000000597. The predicted molar refractivity (Wildman–Crippen MR) is 274 cm³/mol. The highest BCUT2D eigenvalue weighted by atomic mass is 127. The van der Waals surface area contributed by atoms with Crippen LogP contribution in [0.4, 0.5) is 14.4 Å². The molecule has 5 aromatic rings. The Morgan fingerprint density at radius 3 is 0.846 bits per heavy atom. The Bertz CT molecular complexity index is 2690. The summed E-state index contributed by atoms with van der Waals surface area (Å²) in [5, 5.41) is 32.6. The molecule has 0 radical (unpaired) electrons. The number of hydrogen-bond donors (Lipinski definition) is 4. The number of ether oxygens (including phenoxy) is 15. The second kappa shape index (κ2) is 35.3. The quantitative estimate of drug-likeness (QED) is 0.0185. The largest absolute Gasteiger partial charge is 0.513 e. The first-order chi connectivity index (χ1) is 36.8. The SMILES string of the molecule is COC(=O)Oc1ccc(C(=O)Cl)cc1OC.COC(=O)Oc1ccc(C(=O)OCOC(=O)c2ccc(OC(=O)OC)c(OC)c2)cc1OC.COc1cc(C(=O)OCOC(=O)c2ccc(O)c(OC)c2)ccc1O.I.OCO. The maximum atomic E-state index is 12.2. The minimum atomic E-state index is -0.961. The summed E-state index contributed by atoms with van der Waals surface area (Å²) >= 11 is 5.29. The summed E-state index contributed by atoms with van der Waals surface area (Å²) in [6, 6.07) is 19.8. The smallest absolute Gasteiger partial charge is 0.504 e. The first-order valence-electron chi connectivity index (χ1n) is 20.9. The number of aliphatic hydroxyl groups is 2. The van der Waals surface area contributed by atoms with Gasteiger partial charge in [0, 0.05) is 5.56 Å². The predicted octanol–water partition coefficient (Wildman–Crippen LogP) is 6.82. The molecule has 0 unspecified atom stereocenters. The van der Waals surface area contributed by atoms with Gasteiger partial charge in [-0.25, -0.2) is 33.6 Å². The first-order valence-corrected chi connectivity index (χ1v) is 21.3. The molecule has 0 atom stereocenters. The van der Waals surface area contributed by atoms with Crippen molar-refractivity contribution in [3.63, 3.8) is 0 Å². The zero-order valence-corrected chi connectivity index (χ0v) is 45.3. The van der Waals surface area contributed by atoms with E-state index in [9.17, 15) is 48.6 Å². The molecule has 0 amide bonds. The number of aliphatic hydroxyl groups excluding tert-OH is 1. The van der Waals surface area contributed by atoms with Crippen LogP contribution in [0.1, 0.15) is 51.8 Å². The van der Waals surface area contributed by atoms with Gasteiger partial charge in [-0.1, -0.05) is 0 Å². The molecular weight excluding hydrogens is 1180 g/mol. The van der Waals surface area contributed by atoms with Gasteiger partial charge < -0.3 is 91.5 Å². The minimum Gasteiger partial charge on any atom is -0.504 e. The average molecular weight is 1230 g/mol. The number of rotatable bonds is 17. The van der Waals surface area contributed by atoms with Gasteiger partial charge in [-0.15, -0.1) is 24.0 Å². The first kappa shape index (κ1) is 67.0. The Morgan fingerprint density at radius 1 is 0.372 bits per heavy atom. The van der Waals surface area contributed by atoms with Gasteiger partial charge in [-0.2, -0.15) is 0 Å². The average Bonchev–Trinajstić information content (AvgIpc) is 3.43. The van der Waals surface area contributed by atoms with Crippen LogP contribution in [0.25, 0.3) is 0 Å². The third-order valence-electron chi connectivity index (χ3n) is 8.86. The van der Waals surface area contributed by atoms with Crippen LogP contribution in [-0.4, -0.2) is 145 Å². The van der Waals surface area contributed by atoms with Crippen LogP contribution >= 0.6 is 35.6 Å². The highest BCUT2D eigenvalue weighted by molar-refractivity contribution is 14.0. The summed E-state index contributed by atoms with van der Waals surface area (Å²) in [4.78, 5) is 92.4. The molecule has 5 rings (SSSR count). The third kappa shape index (κ3) is 21.7. The van der Waals surface area contributed by atoms with E-state index in [0.29, 0.717) is 0 Å². The van der Waals surface area contributed by atoms with Crippen LogP contribution in [0, 0.1) is 0 Å². The van der Waals surface area contributed by atoms with Crippen LogP contribution in [-0.2, 0) is 33.2 Å². The Hall–Kier alpha value is -9.00. The number of phenols is 2. The lowest BCUT2D eigenvalue weighted by Gasteiger charge is -2.11.